The van der Waals surface area contributed by atoms with Crippen molar-refractivity contribution in [3.63, 3.8) is 0 Å². The van der Waals surface area contributed by atoms with Crippen LogP contribution in [0.2, 0.25) is 0 Å². The van der Waals surface area contributed by atoms with Gasteiger partial charge in [-0.25, -0.2) is 24.0 Å². The Morgan fingerprint density at radius 3 is 2.44 bits per heavy atom. The Hall–Kier alpha value is -4.08. The van der Waals surface area contributed by atoms with Gasteiger partial charge in [-0.05, 0) is 43.2 Å². The Morgan fingerprint density at radius 2 is 1.76 bits per heavy atom. The highest BCUT2D eigenvalue weighted by atomic mass is 19.1. The zero-order valence-corrected chi connectivity index (χ0v) is 18.7. The largest absolute Gasteiger partial charge is 0.368 e. The van der Waals surface area contributed by atoms with Crippen LogP contribution in [0, 0.1) is 5.41 Å². The summed E-state index contributed by atoms with van der Waals surface area (Å²) >= 11 is 0. The number of nitrogens with one attached hydrogen (secondary N) is 1. The SMILES string of the molecule is Cn1nc(-c2ccc(N3CC4(CC(F)C4)C3)nc2)nc1Nc1ccc(-c2ccnc(N)n2)cc1. The Kier molecular flexibility index (Phi) is 4.68. The molecule has 0 bridgehead atoms. The van der Waals surface area contributed by atoms with Gasteiger partial charge < -0.3 is 16.0 Å². The van der Waals surface area contributed by atoms with Gasteiger partial charge in [0.1, 0.15) is 12.0 Å². The van der Waals surface area contributed by atoms with E-state index in [0.29, 0.717) is 24.6 Å². The van der Waals surface area contributed by atoms with Crippen molar-refractivity contribution in [2.75, 3.05) is 29.0 Å². The van der Waals surface area contributed by atoms with Crippen LogP contribution in [0.3, 0.4) is 0 Å². The van der Waals surface area contributed by atoms with E-state index >= 15 is 0 Å². The monoisotopic (exact) mass is 457 g/mol. The maximum absolute atomic E-state index is 13.2. The normalized spacial score (nSPS) is 16.8. The molecule has 1 saturated heterocycles. The quantitative estimate of drug-likeness (QED) is 0.468. The molecule has 10 heteroatoms. The molecule has 0 amide bonds. The van der Waals surface area contributed by atoms with Gasteiger partial charge in [0.15, 0.2) is 5.82 Å². The Morgan fingerprint density at radius 1 is 1.00 bits per heavy atom. The van der Waals surface area contributed by atoms with E-state index in [-0.39, 0.29) is 11.4 Å². The summed E-state index contributed by atoms with van der Waals surface area (Å²) in [5.41, 5.74) is 9.29. The molecule has 4 heterocycles. The first kappa shape index (κ1) is 20.5. The molecule has 172 valence electrons. The lowest BCUT2D eigenvalue weighted by molar-refractivity contribution is 0.000447. The van der Waals surface area contributed by atoms with Crippen LogP contribution in [0.1, 0.15) is 12.8 Å². The second kappa shape index (κ2) is 7.75. The van der Waals surface area contributed by atoms with Gasteiger partial charge in [-0.15, -0.1) is 5.10 Å². The predicted octanol–water partition coefficient (Wildman–Crippen LogP) is 3.60. The Bertz CT molecular complexity index is 1320. The lowest BCUT2D eigenvalue weighted by Gasteiger charge is -2.57. The highest BCUT2D eigenvalue weighted by Gasteiger charge is 2.53. The summed E-state index contributed by atoms with van der Waals surface area (Å²) in [6.07, 6.45) is 4.19. The van der Waals surface area contributed by atoms with Crippen LogP contribution >= 0.6 is 0 Å². The van der Waals surface area contributed by atoms with E-state index in [9.17, 15) is 4.39 Å². The molecule has 1 aliphatic carbocycles. The maximum atomic E-state index is 13.2. The number of pyridine rings is 1. The van der Waals surface area contributed by atoms with E-state index in [2.05, 4.69) is 35.3 Å². The standard InChI is InChI=1S/C24H24FN9/c1-33-23(29-18-5-2-15(3-6-18)19-8-9-27-22(26)30-19)31-21(32-33)16-4-7-20(28-12-16)34-13-24(14-34)10-17(25)11-24/h2-9,12,17H,10-11,13-14H2,1H3,(H2,26,27,30)(H,29,31,32). The maximum Gasteiger partial charge on any atom is 0.225 e. The number of aryl methyl sites for hydroxylation is 1. The number of aromatic nitrogens is 6. The fourth-order valence-electron chi connectivity index (χ4n) is 4.77. The smallest absolute Gasteiger partial charge is 0.225 e. The molecule has 2 aliphatic rings. The minimum atomic E-state index is -0.619. The molecular weight excluding hydrogens is 433 g/mol. The average Bonchev–Trinajstić information content (AvgIpc) is 3.16. The van der Waals surface area contributed by atoms with Crippen LogP contribution in [-0.4, -0.2) is 49.0 Å². The van der Waals surface area contributed by atoms with E-state index in [0.717, 1.165) is 41.4 Å². The van der Waals surface area contributed by atoms with E-state index in [4.69, 9.17) is 5.73 Å². The molecule has 1 aromatic carbocycles. The van der Waals surface area contributed by atoms with Crippen molar-refractivity contribution in [2.24, 2.45) is 12.5 Å². The van der Waals surface area contributed by atoms with Gasteiger partial charge in [0.25, 0.3) is 0 Å². The van der Waals surface area contributed by atoms with Gasteiger partial charge in [0.2, 0.25) is 11.9 Å². The van der Waals surface area contributed by atoms with Crippen molar-refractivity contribution >= 4 is 23.4 Å². The average molecular weight is 458 g/mol. The van der Waals surface area contributed by atoms with Crippen molar-refractivity contribution in [2.45, 2.75) is 19.0 Å². The molecule has 9 nitrogen and oxygen atoms in total. The van der Waals surface area contributed by atoms with Crippen LogP contribution in [0.25, 0.3) is 22.6 Å². The molecule has 4 aromatic rings. The number of alkyl halides is 1. The van der Waals surface area contributed by atoms with E-state index in [1.165, 1.54) is 0 Å². The number of benzene rings is 1. The Balaban J connectivity index is 1.13. The molecule has 3 aromatic heterocycles. The molecule has 1 spiro atoms. The summed E-state index contributed by atoms with van der Waals surface area (Å²) < 4.78 is 14.9. The van der Waals surface area contributed by atoms with Gasteiger partial charge in [-0.2, -0.15) is 4.98 Å². The molecule has 0 atom stereocenters. The topological polar surface area (TPSA) is 111 Å². The minimum absolute atomic E-state index is 0.184. The zero-order valence-electron chi connectivity index (χ0n) is 18.7. The van der Waals surface area contributed by atoms with Crippen molar-refractivity contribution in [3.05, 3.63) is 54.9 Å². The second-order valence-corrected chi connectivity index (χ2v) is 9.15. The van der Waals surface area contributed by atoms with Crippen molar-refractivity contribution in [1.29, 1.82) is 0 Å². The number of hydrogen-bond donors (Lipinski definition) is 2. The third-order valence-electron chi connectivity index (χ3n) is 6.57. The third-order valence-corrected chi connectivity index (χ3v) is 6.57. The first-order chi connectivity index (χ1) is 16.5. The van der Waals surface area contributed by atoms with Crippen LogP contribution < -0.4 is 16.0 Å². The number of halogens is 1. The summed E-state index contributed by atoms with van der Waals surface area (Å²) in [5.74, 6) is 2.37. The summed E-state index contributed by atoms with van der Waals surface area (Å²) in [6, 6.07) is 13.6. The van der Waals surface area contributed by atoms with Crippen LogP contribution in [0.15, 0.2) is 54.9 Å². The van der Waals surface area contributed by atoms with Gasteiger partial charge in [-0.1, -0.05) is 12.1 Å². The summed E-state index contributed by atoms with van der Waals surface area (Å²) in [6.45, 7) is 1.78. The number of nitrogens with two attached hydrogens (primary N) is 1. The predicted molar refractivity (Wildman–Crippen MR) is 128 cm³/mol. The number of rotatable bonds is 5. The summed E-state index contributed by atoms with van der Waals surface area (Å²) in [4.78, 5) is 19.6. The first-order valence-corrected chi connectivity index (χ1v) is 11.2. The number of hydrogen-bond acceptors (Lipinski definition) is 8. The van der Waals surface area contributed by atoms with Gasteiger partial charge in [0.05, 0.1) is 5.69 Å². The number of anilines is 4. The third kappa shape index (κ3) is 3.70. The van der Waals surface area contributed by atoms with Gasteiger partial charge in [-0.3, -0.25) is 0 Å². The van der Waals surface area contributed by atoms with Gasteiger partial charge >= 0.3 is 0 Å². The van der Waals surface area contributed by atoms with Crippen molar-refractivity contribution in [3.8, 4) is 22.6 Å². The first-order valence-electron chi connectivity index (χ1n) is 11.2. The Labute approximate surface area is 195 Å². The van der Waals surface area contributed by atoms with Gasteiger partial charge in [0, 0.05) is 54.8 Å². The molecule has 0 unspecified atom stereocenters. The molecule has 0 radical (unpaired) electrons. The van der Waals surface area contributed by atoms with E-state index in [1.807, 2.05) is 49.5 Å². The van der Waals surface area contributed by atoms with Crippen molar-refractivity contribution < 1.29 is 4.39 Å². The van der Waals surface area contributed by atoms with E-state index in [1.54, 1.807) is 17.1 Å². The summed E-state index contributed by atoms with van der Waals surface area (Å²) in [5, 5.41) is 7.83. The lowest BCUT2D eigenvalue weighted by atomic mass is 9.62. The highest BCUT2D eigenvalue weighted by Crippen LogP contribution is 2.50. The zero-order chi connectivity index (χ0) is 23.3. The van der Waals surface area contributed by atoms with Crippen molar-refractivity contribution in [1.82, 2.24) is 29.7 Å². The number of nitrogen functional groups attached to an aromatic ring is 1. The van der Waals surface area contributed by atoms with Crippen LogP contribution in [-0.2, 0) is 7.05 Å². The molecule has 34 heavy (non-hydrogen) atoms. The van der Waals surface area contributed by atoms with Crippen LogP contribution in [0.5, 0.6) is 0 Å². The molecule has 3 N–H and O–H groups in total. The van der Waals surface area contributed by atoms with E-state index < -0.39 is 6.17 Å². The molecule has 1 aliphatic heterocycles. The minimum Gasteiger partial charge on any atom is -0.368 e. The molecule has 6 rings (SSSR count). The molecular formula is C24H24FN9. The summed E-state index contributed by atoms with van der Waals surface area (Å²) in [7, 11) is 1.84. The fraction of sp³-hybridized carbons (Fsp3) is 0.292. The lowest BCUT2D eigenvalue weighted by Crippen LogP contribution is -2.63. The molecule has 1 saturated carbocycles. The van der Waals surface area contributed by atoms with Crippen LogP contribution in [0.4, 0.5) is 27.8 Å². The number of nitrogens with zero attached hydrogens (tertiary/aromatic N) is 7. The molecule has 2 fully saturated rings. The second-order valence-electron chi connectivity index (χ2n) is 9.15. The highest BCUT2D eigenvalue weighted by molar-refractivity contribution is 5.66. The fourth-order valence-corrected chi connectivity index (χ4v) is 4.77.